The first-order valence-electron chi connectivity index (χ1n) is 8.06. The third-order valence-electron chi connectivity index (χ3n) is 4.73. The molecule has 3 N–H and O–H groups in total. The first-order valence-corrected chi connectivity index (χ1v) is 9.54. The molecule has 0 bridgehead atoms. The molecule has 1 aliphatic carbocycles. The number of fused-ring (bicyclic) bond motifs is 1. The van der Waals surface area contributed by atoms with Crippen molar-refractivity contribution in [3.63, 3.8) is 0 Å². The van der Waals surface area contributed by atoms with Gasteiger partial charge >= 0.3 is 0 Å². The van der Waals surface area contributed by atoms with Crippen molar-refractivity contribution < 1.29 is 13.2 Å². The number of nitrogens with one attached hydrogen (secondary N) is 1. The molecule has 134 valence electrons. The highest BCUT2D eigenvalue weighted by Crippen LogP contribution is 2.30. The summed E-state index contributed by atoms with van der Waals surface area (Å²) in [6.07, 6.45) is 3.96. The Kier molecular flexibility index (Phi) is 5.91. The summed E-state index contributed by atoms with van der Waals surface area (Å²) in [5.41, 5.74) is 7.59. The summed E-state index contributed by atoms with van der Waals surface area (Å²) >= 11 is 0. The normalized spacial score (nSPS) is 23.5. The van der Waals surface area contributed by atoms with E-state index in [1.165, 1.54) is 6.92 Å². The Morgan fingerprint density at radius 2 is 1.92 bits per heavy atom. The van der Waals surface area contributed by atoms with Gasteiger partial charge in [-0.25, -0.2) is 13.1 Å². The molecule has 1 aromatic rings. The molecule has 0 aromatic heterocycles. The van der Waals surface area contributed by atoms with Crippen LogP contribution in [0.5, 0.6) is 0 Å². The van der Waals surface area contributed by atoms with Crippen LogP contribution in [0.25, 0.3) is 0 Å². The Morgan fingerprint density at radius 1 is 1.25 bits per heavy atom. The van der Waals surface area contributed by atoms with Crippen LogP contribution in [0.1, 0.15) is 38.2 Å². The lowest BCUT2D eigenvalue weighted by Gasteiger charge is -2.26. The maximum atomic E-state index is 12.6. The summed E-state index contributed by atoms with van der Waals surface area (Å²) < 4.78 is 27.9. The molecule has 0 radical (unpaired) electrons. The summed E-state index contributed by atoms with van der Waals surface area (Å²) in [5, 5.41) is 0. The standard InChI is InChI=1S/C16H23N3O3S.ClH/c1-11(20)19-9-8-12-10-15(6-7-16(12)19)23(21,22)18-14-4-2-13(17)3-5-14;/h6-7,10,13-14,18H,2-5,8-9,17H2,1H3;1H. The predicted molar refractivity (Wildman–Crippen MR) is 96.0 cm³/mol. The van der Waals surface area contributed by atoms with Gasteiger partial charge in [-0.1, -0.05) is 0 Å². The van der Waals surface area contributed by atoms with E-state index in [4.69, 9.17) is 5.73 Å². The number of sulfonamides is 1. The minimum absolute atomic E-state index is 0. The SMILES string of the molecule is CC(=O)N1CCc2cc(S(=O)(=O)NC3CCC(N)CC3)ccc21.Cl. The molecule has 0 unspecified atom stereocenters. The van der Waals surface area contributed by atoms with E-state index >= 15 is 0 Å². The molecule has 1 amide bonds. The van der Waals surface area contributed by atoms with E-state index in [0.717, 1.165) is 36.9 Å². The van der Waals surface area contributed by atoms with Crippen molar-refractivity contribution in [2.75, 3.05) is 11.4 Å². The molecule has 1 heterocycles. The minimum atomic E-state index is -3.53. The summed E-state index contributed by atoms with van der Waals surface area (Å²) in [6, 6.07) is 5.15. The molecule has 6 nitrogen and oxygen atoms in total. The Morgan fingerprint density at radius 3 is 2.54 bits per heavy atom. The minimum Gasteiger partial charge on any atom is -0.328 e. The third kappa shape index (κ3) is 3.91. The molecule has 0 atom stereocenters. The number of carbonyl (C=O) groups is 1. The van der Waals surface area contributed by atoms with E-state index in [1.807, 2.05) is 0 Å². The Balaban J connectivity index is 0.00000208. The summed E-state index contributed by atoms with van der Waals surface area (Å²) in [4.78, 5) is 13.5. The maximum absolute atomic E-state index is 12.6. The Bertz CT molecular complexity index is 715. The number of nitrogens with two attached hydrogens (primary N) is 1. The van der Waals surface area contributed by atoms with E-state index in [-0.39, 0.29) is 35.3 Å². The van der Waals surface area contributed by atoms with Gasteiger partial charge in [-0.3, -0.25) is 4.79 Å². The van der Waals surface area contributed by atoms with E-state index in [9.17, 15) is 13.2 Å². The number of hydrogen-bond donors (Lipinski definition) is 2. The monoisotopic (exact) mass is 373 g/mol. The van der Waals surface area contributed by atoms with Crippen molar-refractivity contribution >= 4 is 34.0 Å². The highest BCUT2D eigenvalue weighted by molar-refractivity contribution is 7.89. The van der Waals surface area contributed by atoms with Crippen molar-refractivity contribution in [1.29, 1.82) is 0 Å². The number of anilines is 1. The zero-order valence-corrected chi connectivity index (χ0v) is 15.3. The van der Waals surface area contributed by atoms with Gasteiger partial charge in [0.1, 0.15) is 0 Å². The molecule has 3 rings (SSSR count). The average molecular weight is 374 g/mol. The van der Waals surface area contributed by atoms with Gasteiger partial charge < -0.3 is 10.6 Å². The van der Waals surface area contributed by atoms with Gasteiger partial charge in [-0.2, -0.15) is 0 Å². The molecule has 24 heavy (non-hydrogen) atoms. The van der Waals surface area contributed by atoms with Crippen molar-refractivity contribution in [3.8, 4) is 0 Å². The topological polar surface area (TPSA) is 92.5 Å². The van der Waals surface area contributed by atoms with E-state index in [1.54, 1.807) is 23.1 Å². The van der Waals surface area contributed by atoms with Crippen LogP contribution in [0.2, 0.25) is 0 Å². The van der Waals surface area contributed by atoms with Gasteiger partial charge in [0.05, 0.1) is 4.90 Å². The fourth-order valence-corrected chi connectivity index (χ4v) is 4.75. The van der Waals surface area contributed by atoms with Gasteiger partial charge in [0.25, 0.3) is 0 Å². The van der Waals surface area contributed by atoms with Crippen LogP contribution in [0.15, 0.2) is 23.1 Å². The Hall–Kier alpha value is -1.15. The fraction of sp³-hybridized carbons (Fsp3) is 0.562. The number of carbonyl (C=O) groups excluding carboxylic acids is 1. The number of amides is 1. The number of halogens is 1. The first kappa shape index (κ1) is 19.2. The van der Waals surface area contributed by atoms with E-state index < -0.39 is 10.0 Å². The molecular formula is C16H24ClN3O3S. The molecule has 1 saturated carbocycles. The van der Waals surface area contributed by atoms with Crippen LogP contribution in [0.3, 0.4) is 0 Å². The van der Waals surface area contributed by atoms with Crippen LogP contribution in [0.4, 0.5) is 5.69 Å². The molecule has 0 saturated heterocycles. The first-order chi connectivity index (χ1) is 10.9. The van der Waals surface area contributed by atoms with Gasteiger partial charge in [-0.05, 0) is 55.9 Å². The number of rotatable bonds is 3. The van der Waals surface area contributed by atoms with Crippen molar-refractivity contribution in [2.24, 2.45) is 5.73 Å². The fourth-order valence-electron chi connectivity index (χ4n) is 3.40. The summed E-state index contributed by atoms with van der Waals surface area (Å²) in [7, 11) is -3.53. The van der Waals surface area contributed by atoms with Crippen molar-refractivity contribution in [3.05, 3.63) is 23.8 Å². The van der Waals surface area contributed by atoms with Crippen LogP contribution >= 0.6 is 12.4 Å². The lowest BCUT2D eigenvalue weighted by atomic mass is 9.93. The number of hydrogen-bond acceptors (Lipinski definition) is 4. The highest BCUT2D eigenvalue weighted by atomic mass is 35.5. The zero-order valence-electron chi connectivity index (χ0n) is 13.7. The predicted octanol–water partition coefficient (Wildman–Crippen LogP) is 1.57. The second-order valence-corrected chi connectivity index (χ2v) is 8.16. The molecule has 1 fully saturated rings. The van der Waals surface area contributed by atoms with E-state index in [0.29, 0.717) is 13.0 Å². The lowest BCUT2D eigenvalue weighted by Crippen LogP contribution is -2.40. The number of nitrogens with zero attached hydrogens (tertiary/aromatic N) is 1. The van der Waals surface area contributed by atoms with Crippen LogP contribution in [-0.2, 0) is 21.2 Å². The van der Waals surface area contributed by atoms with Gasteiger partial charge in [-0.15, -0.1) is 12.4 Å². The van der Waals surface area contributed by atoms with Gasteiger partial charge in [0, 0.05) is 31.2 Å². The molecule has 1 aromatic carbocycles. The largest absolute Gasteiger partial charge is 0.328 e. The highest BCUT2D eigenvalue weighted by Gasteiger charge is 2.27. The zero-order chi connectivity index (χ0) is 16.6. The second-order valence-electron chi connectivity index (χ2n) is 6.44. The molecule has 1 aliphatic heterocycles. The van der Waals surface area contributed by atoms with Gasteiger partial charge in [0.2, 0.25) is 15.9 Å². The van der Waals surface area contributed by atoms with Crippen LogP contribution < -0.4 is 15.4 Å². The van der Waals surface area contributed by atoms with Crippen LogP contribution in [0, 0.1) is 0 Å². The molecule has 2 aliphatic rings. The van der Waals surface area contributed by atoms with Gasteiger partial charge in [0.15, 0.2) is 0 Å². The molecule has 0 spiro atoms. The van der Waals surface area contributed by atoms with E-state index in [2.05, 4.69) is 4.72 Å². The second kappa shape index (κ2) is 7.39. The maximum Gasteiger partial charge on any atom is 0.240 e. The lowest BCUT2D eigenvalue weighted by molar-refractivity contribution is -0.116. The summed E-state index contributed by atoms with van der Waals surface area (Å²) in [5.74, 6) is -0.0176. The number of benzene rings is 1. The van der Waals surface area contributed by atoms with Crippen LogP contribution in [-0.4, -0.2) is 33.0 Å². The quantitative estimate of drug-likeness (QED) is 0.841. The third-order valence-corrected chi connectivity index (χ3v) is 6.25. The smallest absolute Gasteiger partial charge is 0.240 e. The molecular weight excluding hydrogens is 350 g/mol. The summed E-state index contributed by atoms with van der Waals surface area (Å²) in [6.45, 7) is 2.14. The molecule has 8 heteroatoms. The Labute approximate surface area is 149 Å². The van der Waals surface area contributed by atoms with Crippen molar-refractivity contribution in [1.82, 2.24) is 4.72 Å². The average Bonchev–Trinajstić information content (AvgIpc) is 2.92. The van der Waals surface area contributed by atoms with Crippen molar-refractivity contribution in [2.45, 2.75) is 56.0 Å².